The van der Waals surface area contributed by atoms with Crippen LogP contribution < -0.4 is 4.72 Å². The third kappa shape index (κ3) is 3.80. The Morgan fingerprint density at radius 1 is 1.45 bits per heavy atom. The van der Waals surface area contributed by atoms with E-state index in [9.17, 15) is 8.42 Å². The van der Waals surface area contributed by atoms with Crippen molar-refractivity contribution in [2.75, 3.05) is 32.8 Å². The molecule has 5 nitrogen and oxygen atoms in total. The Morgan fingerprint density at radius 3 is 2.65 bits per heavy atom. The Morgan fingerprint density at radius 2 is 2.10 bits per heavy atom. The first-order chi connectivity index (χ1) is 9.33. The summed E-state index contributed by atoms with van der Waals surface area (Å²) in [5.74, 6) is 0. The molecule has 1 aromatic heterocycles. The molecule has 0 bridgehead atoms. The molecular weight excluding hydrogens is 364 g/mol. The van der Waals surface area contributed by atoms with Crippen LogP contribution in [0.2, 0.25) is 0 Å². The number of nitrogens with zero attached hydrogens (tertiary/aromatic N) is 1. The van der Waals surface area contributed by atoms with Gasteiger partial charge in [0, 0.05) is 29.6 Å². The highest BCUT2D eigenvalue weighted by molar-refractivity contribution is 9.10. The normalized spacial score (nSPS) is 18.4. The molecule has 0 aromatic carbocycles. The molecule has 0 aliphatic carbocycles. The summed E-state index contributed by atoms with van der Waals surface area (Å²) in [6.07, 6.45) is 0. The van der Waals surface area contributed by atoms with E-state index in [0.717, 1.165) is 13.1 Å². The average molecular weight is 383 g/mol. The number of sulfonamides is 1. The van der Waals surface area contributed by atoms with Crippen LogP contribution >= 0.6 is 27.3 Å². The van der Waals surface area contributed by atoms with Gasteiger partial charge in [-0.05, 0) is 41.2 Å². The maximum absolute atomic E-state index is 12.3. The van der Waals surface area contributed by atoms with E-state index < -0.39 is 10.0 Å². The van der Waals surface area contributed by atoms with Gasteiger partial charge in [0.2, 0.25) is 0 Å². The Balaban J connectivity index is 2.02. The molecule has 0 amide bonds. The second-order valence-corrected chi connectivity index (χ2v) is 9.03. The third-order valence-electron chi connectivity index (χ3n) is 3.39. The monoisotopic (exact) mass is 382 g/mol. The number of morpholine rings is 1. The zero-order valence-corrected chi connectivity index (χ0v) is 14.8. The fourth-order valence-electron chi connectivity index (χ4n) is 2.09. The summed E-state index contributed by atoms with van der Waals surface area (Å²) in [6, 6.07) is 1.74. The molecule has 2 rings (SSSR count). The first-order valence-corrected chi connectivity index (χ1v) is 9.54. The average Bonchev–Trinajstić information content (AvgIpc) is 2.85. The maximum Gasteiger partial charge on any atom is 0.251 e. The molecule has 0 spiro atoms. The smallest absolute Gasteiger partial charge is 0.251 e. The van der Waals surface area contributed by atoms with Gasteiger partial charge < -0.3 is 4.74 Å². The number of thiophene rings is 1. The Bertz CT molecular complexity index is 551. The van der Waals surface area contributed by atoms with Gasteiger partial charge in [-0.15, -0.1) is 11.3 Å². The SMILES string of the molecule is CC(C)(CNS(=O)(=O)c1sccc1Br)N1CCOCC1. The number of halogens is 1. The molecular formula is C12H19BrN2O3S2. The molecule has 2 heterocycles. The molecule has 1 aromatic rings. The first-order valence-electron chi connectivity index (χ1n) is 6.38. The van der Waals surface area contributed by atoms with E-state index >= 15 is 0 Å². The van der Waals surface area contributed by atoms with Gasteiger partial charge in [-0.2, -0.15) is 0 Å². The second kappa shape index (κ2) is 6.41. The minimum Gasteiger partial charge on any atom is -0.379 e. The lowest BCUT2D eigenvalue weighted by Crippen LogP contribution is -2.55. The van der Waals surface area contributed by atoms with E-state index in [-0.39, 0.29) is 5.54 Å². The van der Waals surface area contributed by atoms with E-state index in [4.69, 9.17) is 4.74 Å². The summed E-state index contributed by atoms with van der Waals surface area (Å²) in [7, 11) is -3.46. The van der Waals surface area contributed by atoms with Crippen molar-refractivity contribution in [1.29, 1.82) is 0 Å². The van der Waals surface area contributed by atoms with E-state index in [1.54, 1.807) is 11.4 Å². The Hall–Kier alpha value is 0.01000. The van der Waals surface area contributed by atoms with Crippen molar-refractivity contribution >= 4 is 37.3 Å². The molecule has 1 N–H and O–H groups in total. The van der Waals surface area contributed by atoms with E-state index in [0.29, 0.717) is 28.4 Å². The van der Waals surface area contributed by atoms with Crippen LogP contribution in [-0.2, 0) is 14.8 Å². The summed E-state index contributed by atoms with van der Waals surface area (Å²) in [5, 5.41) is 1.76. The molecule has 1 fully saturated rings. The molecule has 1 aliphatic heterocycles. The van der Waals surface area contributed by atoms with Gasteiger partial charge in [0.1, 0.15) is 4.21 Å². The van der Waals surface area contributed by atoms with Gasteiger partial charge in [0.15, 0.2) is 0 Å². The largest absolute Gasteiger partial charge is 0.379 e. The van der Waals surface area contributed by atoms with Crippen LogP contribution in [0.25, 0.3) is 0 Å². The molecule has 114 valence electrons. The van der Waals surface area contributed by atoms with Crippen LogP contribution in [-0.4, -0.2) is 51.7 Å². The highest BCUT2D eigenvalue weighted by Crippen LogP contribution is 2.27. The second-order valence-electron chi connectivity index (χ2n) is 5.29. The van der Waals surface area contributed by atoms with Crippen molar-refractivity contribution in [2.24, 2.45) is 0 Å². The topological polar surface area (TPSA) is 58.6 Å². The van der Waals surface area contributed by atoms with Crippen LogP contribution in [0.3, 0.4) is 0 Å². The fourth-order valence-corrected chi connectivity index (χ4v) is 5.67. The lowest BCUT2D eigenvalue weighted by atomic mass is 10.0. The Labute approximate surface area is 132 Å². The zero-order chi connectivity index (χ0) is 14.8. The summed E-state index contributed by atoms with van der Waals surface area (Å²) in [6.45, 7) is 7.53. The van der Waals surface area contributed by atoms with Crippen molar-refractivity contribution in [3.05, 3.63) is 15.9 Å². The minimum absolute atomic E-state index is 0.236. The highest BCUT2D eigenvalue weighted by Gasteiger charge is 2.30. The number of rotatable bonds is 5. The predicted octanol–water partition coefficient (Wildman–Crippen LogP) is 1.90. The molecule has 1 aliphatic rings. The molecule has 0 unspecified atom stereocenters. The lowest BCUT2D eigenvalue weighted by Gasteiger charge is -2.40. The van der Waals surface area contributed by atoms with Crippen LogP contribution in [0.4, 0.5) is 0 Å². The summed E-state index contributed by atoms with van der Waals surface area (Å²) in [4.78, 5) is 2.25. The maximum atomic E-state index is 12.3. The van der Waals surface area contributed by atoms with E-state index in [2.05, 4.69) is 25.6 Å². The van der Waals surface area contributed by atoms with Gasteiger partial charge in [0.25, 0.3) is 10.0 Å². The van der Waals surface area contributed by atoms with Crippen LogP contribution in [0, 0.1) is 0 Å². The van der Waals surface area contributed by atoms with Crippen LogP contribution in [0.5, 0.6) is 0 Å². The van der Waals surface area contributed by atoms with Crippen LogP contribution in [0.1, 0.15) is 13.8 Å². The van der Waals surface area contributed by atoms with Crippen molar-refractivity contribution in [1.82, 2.24) is 9.62 Å². The van der Waals surface area contributed by atoms with Crippen molar-refractivity contribution in [2.45, 2.75) is 23.6 Å². The van der Waals surface area contributed by atoms with Crippen molar-refractivity contribution < 1.29 is 13.2 Å². The van der Waals surface area contributed by atoms with E-state index in [1.807, 2.05) is 13.8 Å². The number of nitrogens with one attached hydrogen (secondary N) is 1. The molecule has 0 saturated carbocycles. The number of hydrogen-bond donors (Lipinski definition) is 1. The van der Waals surface area contributed by atoms with Gasteiger partial charge in [-0.25, -0.2) is 13.1 Å². The summed E-state index contributed by atoms with van der Waals surface area (Å²) in [5.41, 5.74) is -0.236. The highest BCUT2D eigenvalue weighted by atomic mass is 79.9. The molecule has 0 atom stereocenters. The fraction of sp³-hybridized carbons (Fsp3) is 0.667. The van der Waals surface area contributed by atoms with Crippen LogP contribution in [0.15, 0.2) is 20.1 Å². The number of ether oxygens (including phenoxy) is 1. The third-order valence-corrected chi connectivity index (χ3v) is 7.46. The van der Waals surface area contributed by atoms with Gasteiger partial charge in [-0.3, -0.25) is 4.90 Å². The molecule has 20 heavy (non-hydrogen) atoms. The Kier molecular flexibility index (Phi) is 5.25. The zero-order valence-electron chi connectivity index (χ0n) is 11.6. The predicted molar refractivity (Wildman–Crippen MR) is 83.7 cm³/mol. The standard InChI is InChI=1S/C12H19BrN2O3S2/c1-12(2,15-4-6-18-7-5-15)9-14-20(16,17)11-10(13)3-8-19-11/h3,8,14H,4-7,9H2,1-2H3. The molecule has 8 heteroatoms. The van der Waals surface area contributed by atoms with Crippen molar-refractivity contribution in [3.8, 4) is 0 Å². The number of hydrogen-bond acceptors (Lipinski definition) is 5. The van der Waals surface area contributed by atoms with Gasteiger partial charge in [0.05, 0.1) is 13.2 Å². The van der Waals surface area contributed by atoms with E-state index in [1.165, 1.54) is 11.3 Å². The van der Waals surface area contributed by atoms with Gasteiger partial charge >= 0.3 is 0 Å². The molecule has 0 radical (unpaired) electrons. The van der Waals surface area contributed by atoms with Gasteiger partial charge in [-0.1, -0.05) is 0 Å². The lowest BCUT2D eigenvalue weighted by molar-refractivity contribution is -0.00803. The molecule has 1 saturated heterocycles. The summed E-state index contributed by atoms with van der Waals surface area (Å²) < 4.78 is 33.5. The minimum atomic E-state index is -3.46. The van der Waals surface area contributed by atoms with Crippen molar-refractivity contribution in [3.63, 3.8) is 0 Å². The first kappa shape index (κ1) is 16.4. The summed E-state index contributed by atoms with van der Waals surface area (Å²) >= 11 is 4.48. The quantitative estimate of drug-likeness (QED) is 0.844.